The number of allylic oxidation sites excluding steroid dienone is 2. The molecule has 8 heteroatoms. The summed E-state index contributed by atoms with van der Waals surface area (Å²) >= 11 is 0. The van der Waals surface area contributed by atoms with Crippen molar-refractivity contribution in [2.24, 2.45) is 0 Å². The Morgan fingerprint density at radius 1 is 0.846 bits per heavy atom. The summed E-state index contributed by atoms with van der Waals surface area (Å²) < 4.78 is 9.59. The van der Waals surface area contributed by atoms with E-state index in [9.17, 15) is 19.2 Å². The third kappa shape index (κ3) is 3.11. The molecule has 2 atom stereocenters. The molecular formula is C18H22N2O6. The summed E-state index contributed by atoms with van der Waals surface area (Å²) in [6.45, 7) is 1.03. The van der Waals surface area contributed by atoms with Gasteiger partial charge in [0.1, 0.15) is 12.1 Å². The monoisotopic (exact) mass is 362 g/mol. The molecule has 2 heterocycles. The molecule has 0 aromatic carbocycles. The van der Waals surface area contributed by atoms with Gasteiger partial charge in [0.05, 0.1) is 25.6 Å². The number of rotatable bonds is 4. The van der Waals surface area contributed by atoms with Gasteiger partial charge >= 0.3 is 11.9 Å². The Morgan fingerprint density at radius 2 is 1.23 bits per heavy atom. The highest BCUT2D eigenvalue weighted by Crippen LogP contribution is 2.30. The molecule has 2 aliphatic heterocycles. The maximum absolute atomic E-state index is 12.7. The van der Waals surface area contributed by atoms with E-state index in [-0.39, 0.29) is 23.0 Å². The van der Waals surface area contributed by atoms with Crippen molar-refractivity contribution in [3.63, 3.8) is 0 Å². The van der Waals surface area contributed by atoms with E-state index in [2.05, 4.69) is 0 Å². The van der Waals surface area contributed by atoms with Gasteiger partial charge in [-0.3, -0.25) is 9.59 Å². The van der Waals surface area contributed by atoms with Crippen LogP contribution in [0.4, 0.5) is 0 Å². The second-order valence-corrected chi connectivity index (χ2v) is 6.54. The molecule has 0 amide bonds. The lowest BCUT2D eigenvalue weighted by molar-refractivity contribution is -0.146. The zero-order valence-electron chi connectivity index (χ0n) is 14.9. The fraction of sp³-hybridized carbons (Fsp3) is 0.556. The Balaban J connectivity index is 1.82. The average Bonchev–Trinajstić information content (AvgIpc) is 3.31. The molecule has 3 aliphatic rings. The minimum absolute atomic E-state index is 0.209. The summed E-state index contributed by atoms with van der Waals surface area (Å²) in [5.74, 6) is -1.51. The number of hydrogen-bond acceptors (Lipinski definition) is 8. The molecule has 0 spiro atoms. The first-order valence-corrected chi connectivity index (χ1v) is 8.69. The molecule has 0 aromatic rings. The third-order valence-corrected chi connectivity index (χ3v) is 5.11. The molecule has 2 fully saturated rings. The zero-order valence-corrected chi connectivity index (χ0v) is 14.9. The third-order valence-electron chi connectivity index (χ3n) is 5.11. The van der Waals surface area contributed by atoms with E-state index >= 15 is 0 Å². The second kappa shape index (κ2) is 7.31. The lowest BCUT2D eigenvalue weighted by Crippen LogP contribution is -2.42. The average molecular weight is 362 g/mol. The van der Waals surface area contributed by atoms with Crippen molar-refractivity contribution in [3.05, 3.63) is 23.5 Å². The van der Waals surface area contributed by atoms with Gasteiger partial charge in [-0.2, -0.15) is 0 Å². The van der Waals surface area contributed by atoms with Crippen molar-refractivity contribution in [1.82, 2.24) is 9.80 Å². The highest BCUT2D eigenvalue weighted by Gasteiger charge is 2.40. The molecule has 0 saturated carbocycles. The lowest BCUT2D eigenvalue weighted by Gasteiger charge is -2.31. The quantitative estimate of drug-likeness (QED) is 0.517. The SMILES string of the molecule is COC(=O)[C@@H]1CCCN1C1=CC(=O)C(N2CCC[C@H]2C(=O)OC)=CC1=O. The predicted octanol–water partition coefficient (Wildman–Crippen LogP) is 0.181. The number of nitrogens with zero attached hydrogens (tertiary/aromatic N) is 2. The van der Waals surface area contributed by atoms with Gasteiger partial charge in [0.25, 0.3) is 0 Å². The Hall–Kier alpha value is -2.64. The molecule has 2 saturated heterocycles. The number of ether oxygens (including phenoxy) is 2. The number of carbonyl (C=O) groups excluding carboxylic acids is 4. The summed E-state index contributed by atoms with van der Waals surface area (Å²) in [4.78, 5) is 52.4. The van der Waals surface area contributed by atoms with E-state index in [0.717, 1.165) is 12.8 Å². The summed E-state index contributed by atoms with van der Waals surface area (Å²) in [6, 6.07) is -1.10. The van der Waals surface area contributed by atoms with Gasteiger partial charge < -0.3 is 19.3 Å². The van der Waals surface area contributed by atoms with E-state index < -0.39 is 24.0 Å². The topological polar surface area (TPSA) is 93.2 Å². The van der Waals surface area contributed by atoms with Crippen LogP contribution in [0.3, 0.4) is 0 Å². The molecular weight excluding hydrogens is 340 g/mol. The number of hydrogen-bond donors (Lipinski definition) is 0. The summed E-state index contributed by atoms with van der Waals surface area (Å²) in [5.41, 5.74) is 0.418. The van der Waals surface area contributed by atoms with E-state index in [4.69, 9.17) is 9.47 Å². The van der Waals surface area contributed by atoms with Gasteiger partial charge in [-0.1, -0.05) is 0 Å². The first-order chi connectivity index (χ1) is 12.5. The smallest absolute Gasteiger partial charge is 0.328 e. The standard InChI is InChI=1S/C18H22N2O6/c1-25-17(23)11-5-3-7-19(11)13-9-16(22)14(10-15(13)21)20-8-4-6-12(20)18(24)26-2/h9-12H,3-8H2,1-2H3/t11-,12-/m0/s1. The Kier molecular flexibility index (Phi) is 5.11. The Labute approximate surface area is 151 Å². The Morgan fingerprint density at radius 3 is 1.58 bits per heavy atom. The van der Waals surface area contributed by atoms with Gasteiger partial charge in [0.2, 0.25) is 11.6 Å². The maximum atomic E-state index is 12.7. The van der Waals surface area contributed by atoms with Crippen LogP contribution in [-0.2, 0) is 28.7 Å². The summed E-state index contributed by atoms with van der Waals surface area (Å²) in [6.07, 6.45) is 5.19. The fourth-order valence-electron chi connectivity index (χ4n) is 3.86. The number of methoxy groups -OCH3 is 2. The van der Waals surface area contributed by atoms with Crippen molar-refractivity contribution >= 4 is 23.5 Å². The number of carbonyl (C=O) groups is 4. The molecule has 1 aliphatic carbocycles. The van der Waals surface area contributed by atoms with E-state index in [1.165, 1.54) is 26.4 Å². The molecule has 0 radical (unpaired) electrons. The summed E-state index contributed by atoms with van der Waals surface area (Å²) in [7, 11) is 2.61. The van der Waals surface area contributed by atoms with Gasteiger partial charge in [-0.05, 0) is 25.7 Å². The first-order valence-electron chi connectivity index (χ1n) is 8.69. The van der Waals surface area contributed by atoms with Crippen LogP contribution < -0.4 is 0 Å². The van der Waals surface area contributed by atoms with Crippen LogP contribution in [0.15, 0.2) is 23.5 Å². The van der Waals surface area contributed by atoms with E-state index in [0.29, 0.717) is 25.9 Å². The van der Waals surface area contributed by atoms with Crippen LogP contribution in [0.1, 0.15) is 25.7 Å². The van der Waals surface area contributed by atoms with Crippen LogP contribution in [-0.4, -0.2) is 72.7 Å². The zero-order chi connectivity index (χ0) is 18.8. The summed E-state index contributed by atoms with van der Waals surface area (Å²) in [5, 5.41) is 0. The van der Waals surface area contributed by atoms with Crippen LogP contribution in [0.5, 0.6) is 0 Å². The van der Waals surface area contributed by atoms with Crippen LogP contribution >= 0.6 is 0 Å². The minimum Gasteiger partial charge on any atom is -0.467 e. The molecule has 8 nitrogen and oxygen atoms in total. The van der Waals surface area contributed by atoms with Crippen LogP contribution in [0.2, 0.25) is 0 Å². The Bertz CT molecular complexity index is 650. The molecule has 0 bridgehead atoms. The minimum atomic E-state index is -0.549. The van der Waals surface area contributed by atoms with Crippen molar-refractivity contribution in [1.29, 1.82) is 0 Å². The molecule has 3 rings (SSSR count). The van der Waals surface area contributed by atoms with Gasteiger partial charge in [-0.15, -0.1) is 0 Å². The normalized spacial score (nSPS) is 25.9. The van der Waals surface area contributed by atoms with Gasteiger partial charge in [0.15, 0.2) is 0 Å². The molecule has 0 aromatic heterocycles. The first kappa shape index (κ1) is 18.2. The molecule has 26 heavy (non-hydrogen) atoms. The van der Waals surface area contributed by atoms with Gasteiger partial charge in [-0.25, -0.2) is 9.59 Å². The van der Waals surface area contributed by atoms with Gasteiger partial charge in [0, 0.05) is 25.2 Å². The second-order valence-electron chi connectivity index (χ2n) is 6.54. The molecule has 0 unspecified atom stereocenters. The van der Waals surface area contributed by atoms with Crippen molar-refractivity contribution in [3.8, 4) is 0 Å². The van der Waals surface area contributed by atoms with E-state index in [1.54, 1.807) is 9.80 Å². The number of likely N-dealkylation sites (tertiary alicyclic amines) is 2. The predicted molar refractivity (Wildman–Crippen MR) is 89.7 cm³/mol. The highest BCUT2D eigenvalue weighted by atomic mass is 16.5. The van der Waals surface area contributed by atoms with E-state index in [1.807, 2.05) is 0 Å². The molecule has 0 N–H and O–H groups in total. The lowest BCUT2D eigenvalue weighted by atomic mass is 10.0. The largest absolute Gasteiger partial charge is 0.467 e. The molecule has 140 valence electrons. The van der Waals surface area contributed by atoms with Crippen molar-refractivity contribution in [2.75, 3.05) is 27.3 Å². The fourth-order valence-corrected chi connectivity index (χ4v) is 3.86. The maximum Gasteiger partial charge on any atom is 0.328 e. The number of ketones is 2. The van der Waals surface area contributed by atoms with Crippen LogP contribution in [0, 0.1) is 0 Å². The van der Waals surface area contributed by atoms with Crippen molar-refractivity contribution in [2.45, 2.75) is 37.8 Å². The van der Waals surface area contributed by atoms with Crippen molar-refractivity contribution < 1.29 is 28.7 Å². The van der Waals surface area contributed by atoms with Crippen LogP contribution in [0.25, 0.3) is 0 Å². The highest BCUT2D eigenvalue weighted by molar-refractivity contribution is 6.19. The number of esters is 2.